The van der Waals surface area contributed by atoms with E-state index in [2.05, 4.69) is 222 Å². The number of nitrogens with zero attached hydrogens (tertiary/aromatic N) is 2. The summed E-state index contributed by atoms with van der Waals surface area (Å²) in [7, 11) is 0. The number of furan rings is 1. The quantitative estimate of drug-likeness (QED) is 0.158. The summed E-state index contributed by atoms with van der Waals surface area (Å²) in [4.78, 5) is 4.91. The first-order chi connectivity index (χ1) is 29.3. The Morgan fingerprint density at radius 1 is 0.441 bits per heavy atom. The molecule has 0 N–H and O–H groups in total. The molecule has 9 aromatic carbocycles. The van der Waals surface area contributed by atoms with Gasteiger partial charge in [0.15, 0.2) is 0 Å². The topological polar surface area (TPSA) is 19.6 Å². The molecule has 3 nitrogen and oxygen atoms in total. The van der Waals surface area contributed by atoms with E-state index in [4.69, 9.17) is 4.42 Å². The van der Waals surface area contributed by atoms with Crippen molar-refractivity contribution in [2.45, 2.75) is 12.0 Å². The van der Waals surface area contributed by atoms with Gasteiger partial charge in [-0.2, -0.15) is 0 Å². The van der Waals surface area contributed by atoms with E-state index in [9.17, 15) is 0 Å². The largest absolute Gasteiger partial charge is 0.456 e. The van der Waals surface area contributed by atoms with Crippen molar-refractivity contribution in [3.05, 3.63) is 224 Å². The zero-order valence-electron chi connectivity index (χ0n) is 32.2. The highest BCUT2D eigenvalue weighted by atomic mass is 16.3. The van der Waals surface area contributed by atoms with Gasteiger partial charge in [0.25, 0.3) is 0 Å². The van der Waals surface area contributed by atoms with Gasteiger partial charge in [-0.05, 0) is 104 Å². The average Bonchev–Trinajstić information content (AvgIpc) is 3.86. The van der Waals surface area contributed by atoms with Gasteiger partial charge in [-0.15, -0.1) is 0 Å². The van der Waals surface area contributed by atoms with Crippen LogP contribution in [0.1, 0.15) is 11.5 Å². The molecule has 0 fully saturated rings. The second-order valence-corrected chi connectivity index (χ2v) is 15.6. The number of para-hydroxylation sites is 3. The van der Waals surface area contributed by atoms with E-state index >= 15 is 0 Å². The first kappa shape index (κ1) is 33.5. The van der Waals surface area contributed by atoms with Crippen LogP contribution in [0.15, 0.2) is 223 Å². The van der Waals surface area contributed by atoms with Gasteiger partial charge in [0.2, 0.25) is 0 Å². The summed E-state index contributed by atoms with van der Waals surface area (Å²) in [6.07, 6.45) is 9.06. The van der Waals surface area contributed by atoms with Crippen LogP contribution in [0.2, 0.25) is 0 Å². The Hall–Kier alpha value is -7.62. The fourth-order valence-corrected chi connectivity index (χ4v) is 9.68. The van der Waals surface area contributed by atoms with E-state index in [0.717, 1.165) is 44.6 Å². The standard InChI is InChI=1S/C56H38N2O/c1-2-16-44-38(13-1)27-28-41-36-43(33-34-45(41)44)57(53-24-12-26-55-56(53)49-20-6-10-25-54(49)59-55)42-31-29-37(30-32-42)39-14-11-15-40(35-39)46-17-3-7-21-50(46)58-51-22-8-4-18-47(51)48-19-5-9-23-52(48)58/h1-36,47,51H. The maximum absolute atomic E-state index is 6.41. The summed E-state index contributed by atoms with van der Waals surface area (Å²) in [5.74, 6) is 0.336. The van der Waals surface area contributed by atoms with Crippen molar-refractivity contribution < 1.29 is 4.42 Å². The van der Waals surface area contributed by atoms with E-state index in [1.165, 1.54) is 55.2 Å². The minimum absolute atomic E-state index is 0.241. The predicted octanol–water partition coefficient (Wildman–Crippen LogP) is 15.4. The van der Waals surface area contributed by atoms with Crippen LogP contribution in [0.4, 0.5) is 28.4 Å². The zero-order chi connectivity index (χ0) is 38.9. The summed E-state index contributed by atoms with van der Waals surface area (Å²) in [6.45, 7) is 0. The number of rotatable bonds is 6. The third kappa shape index (κ3) is 5.43. The second-order valence-electron chi connectivity index (χ2n) is 15.6. The molecule has 0 bridgehead atoms. The number of allylic oxidation sites excluding steroid dienone is 2. The Morgan fingerprint density at radius 2 is 1.14 bits per heavy atom. The highest BCUT2D eigenvalue weighted by molar-refractivity contribution is 6.14. The SMILES string of the molecule is C1=CC2c3ccccc3N(c3ccccc3-c3cccc(-c4ccc(N(c5ccc6c(ccc7ccccc76)c5)c5cccc6oc7ccccc7c56)cc4)c3)C2C=C1. The number of anilines is 5. The third-order valence-electron chi connectivity index (χ3n) is 12.4. The smallest absolute Gasteiger partial charge is 0.137 e. The van der Waals surface area contributed by atoms with Crippen LogP contribution in [0, 0.1) is 0 Å². The first-order valence-electron chi connectivity index (χ1n) is 20.4. The van der Waals surface area contributed by atoms with Crippen molar-refractivity contribution in [3.63, 3.8) is 0 Å². The fourth-order valence-electron chi connectivity index (χ4n) is 9.68. The van der Waals surface area contributed by atoms with Crippen LogP contribution >= 0.6 is 0 Å². The Balaban J connectivity index is 0.959. The fraction of sp³-hybridized carbons (Fsp3) is 0.0357. The molecule has 1 aromatic heterocycles. The van der Waals surface area contributed by atoms with E-state index < -0.39 is 0 Å². The van der Waals surface area contributed by atoms with Gasteiger partial charge in [0.05, 0.1) is 17.1 Å². The van der Waals surface area contributed by atoms with Crippen molar-refractivity contribution in [2.24, 2.45) is 0 Å². The van der Waals surface area contributed by atoms with E-state index in [0.29, 0.717) is 5.92 Å². The van der Waals surface area contributed by atoms with Crippen LogP contribution in [0.25, 0.3) is 65.7 Å². The van der Waals surface area contributed by atoms with Gasteiger partial charge in [0, 0.05) is 39.6 Å². The Bertz CT molecular complexity index is 3320. The van der Waals surface area contributed by atoms with Gasteiger partial charge >= 0.3 is 0 Å². The molecule has 0 saturated carbocycles. The zero-order valence-corrected chi connectivity index (χ0v) is 32.2. The molecule has 0 spiro atoms. The summed E-state index contributed by atoms with van der Waals surface area (Å²) in [5, 5.41) is 7.16. The predicted molar refractivity (Wildman–Crippen MR) is 248 cm³/mol. The molecule has 10 aromatic rings. The van der Waals surface area contributed by atoms with Gasteiger partial charge in [-0.1, -0.05) is 158 Å². The third-order valence-corrected chi connectivity index (χ3v) is 12.4. The Labute approximate surface area is 343 Å². The lowest BCUT2D eigenvalue weighted by atomic mass is 9.91. The minimum atomic E-state index is 0.241. The Kier molecular flexibility index (Phi) is 7.67. The molecule has 1 aliphatic heterocycles. The molecule has 2 atom stereocenters. The molecule has 0 radical (unpaired) electrons. The molecule has 2 heterocycles. The number of benzene rings is 9. The molecule has 2 aliphatic rings. The average molecular weight is 755 g/mol. The van der Waals surface area contributed by atoms with Crippen molar-refractivity contribution in [2.75, 3.05) is 9.80 Å². The normalized spacial score (nSPS) is 15.6. The maximum atomic E-state index is 6.41. The van der Waals surface area contributed by atoms with Gasteiger partial charge in [-0.25, -0.2) is 0 Å². The molecule has 278 valence electrons. The molecule has 3 heteroatoms. The summed E-state index contributed by atoms with van der Waals surface area (Å²) >= 11 is 0. The summed E-state index contributed by atoms with van der Waals surface area (Å²) in [6, 6.07) is 70.6. The maximum Gasteiger partial charge on any atom is 0.137 e. The van der Waals surface area contributed by atoms with Crippen molar-refractivity contribution in [3.8, 4) is 22.3 Å². The highest BCUT2D eigenvalue weighted by Crippen LogP contribution is 2.50. The van der Waals surface area contributed by atoms with Crippen molar-refractivity contribution >= 4 is 71.9 Å². The molecule has 59 heavy (non-hydrogen) atoms. The lowest BCUT2D eigenvalue weighted by Crippen LogP contribution is -2.28. The van der Waals surface area contributed by atoms with E-state index in [1.54, 1.807) is 0 Å². The summed E-state index contributed by atoms with van der Waals surface area (Å²) in [5.41, 5.74) is 13.6. The van der Waals surface area contributed by atoms with Crippen molar-refractivity contribution in [1.29, 1.82) is 0 Å². The number of hydrogen-bond donors (Lipinski definition) is 0. The van der Waals surface area contributed by atoms with Crippen molar-refractivity contribution in [1.82, 2.24) is 0 Å². The Morgan fingerprint density at radius 3 is 2.07 bits per heavy atom. The van der Waals surface area contributed by atoms with Crippen LogP contribution < -0.4 is 9.80 Å². The van der Waals surface area contributed by atoms with E-state index in [-0.39, 0.29) is 6.04 Å². The molecule has 2 unspecified atom stereocenters. The molecule has 1 aliphatic carbocycles. The van der Waals surface area contributed by atoms with Gasteiger partial charge < -0.3 is 14.2 Å². The van der Waals surface area contributed by atoms with E-state index in [1.807, 2.05) is 6.07 Å². The minimum Gasteiger partial charge on any atom is -0.456 e. The van der Waals surface area contributed by atoms with Gasteiger partial charge in [0.1, 0.15) is 11.2 Å². The lowest BCUT2D eigenvalue weighted by molar-refractivity contribution is 0.669. The monoisotopic (exact) mass is 754 g/mol. The summed E-state index contributed by atoms with van der Waals surface area (Å²) < 4.78 is 6.41. The van der Waals surface area contributed by atoms with Gasteiger partial charge in [-0.3, -0.25) is 0 Å². The highest BCUT2D eigenvalue weighted by Gasteiger charge is 2.37. The molecule has 0 amide bonds. The molecule has 0 saturated heterocycles. The second kappa shape index (κ2) is 13.5. The number of hydrogen-bond acceptors (Lipinski definition) is 3. The molecular weight excluding hydrogens is 717 g/mol. The van der Waals surface area contributed by atoms with Crippen LogP contribution in [0.5, 0.6) is 0 Å². The van der Waals surface area contributed by atoms with Crippen LogP contribution in [-0.4, -0.2) is 6.04 Å². The lowest BCUT2D eigenvalue weighted by Gasteiger charge is -2.30. The molecular formula is C56H38N2O. The molecule has 12 rings (SSSR count). The number of fused-ring (bicyclic) bond motifs is 9. The first-order valence-corrected chi connectivity index (χ1v) is 20.4. The van der Waals surface area contributed by atoms with Crippen LogP contribution in [0.3, 0.4) is 0 Å². The van der Waals surface area contributed by atoms with Crippen LogP contribution in [-0.2, 0) is 0 Å².